The molecule has 1 aliphatic carbocycles. The Balaban J connectivity index is 1.41. The smallest absolute Gasteiger partial charge is 0.239 e. The summed E-state index contributed by atoms with van der Waals surface area (Å²) in [4.78, 5) is 12.1. The fourth-order valence-corrected chi connectivity index (χ4v) is 3.44. The molecule has 0 heterocycles. The Morgan fingerprint density at radius 2 is 1.72 bits per heavy atom. The second kappa shape index (κ2) is 6.55. The van der Waals surface area contributed by atoms with E-state index in [0.717, 1.165) is 24.1 Å². The summed E-state index contributed by atoms with van der Waals surface area (Å²) in [6, 6.07) is 16.7. The van der Waals surface area contributed by atoms with Crippen LogP contribution in [0.4, 0.5) is 10.1 Å². The monoisotopic (exact) mass is 334 g/mol. The summed E-state index contributed by atoms with van der Waals surface area (Å²) in [7, 11) is 0. The van der Waals surface area contributed by atoms with Crippen molar-refractivity contribution in [3.8, 4) is 0 Å². The predicted molar refractivity (Wildman–Crippen MR) is 98.1 cm³/mol. The van der Waals surface area contributed by atoms with E-state index in [2.05, 4.69) is 41.0 Å². The molecule has 4 rings (SSSR count). The summed E-state index contributed by atoms with van der Waals surface area (Å²) in [5.74, 6) is -0.364. The van der Waals surface area contributed by atoms with Gasteiger partial charge in [0.1, 0.15) is 5.82 Å². The Morgan fingerprint density at radius 3 is 2.52 bits per heavy atom. The van der Waals surface area contributed by atoms with E-state index >= 15 is 0 Å². The second-order valence-electron chi connectivity index (χ2n) is 6.37. The number of amides is 1. The molecule has 1 amide bonds. The van der Waals surface area contributed by atoms with E-state index in [0.29, 0.717) is 6.54 Å². The Bertz CT molecular complexity index is 924. The highest BCUT2D eigenvalue weighted by Gasteiger charge is 2.15. The number of benzene rings is 3. The number of carbonyl (C=O) groups is 1. The predicted octanol–water partition coefficient (Wildman–Crippen LogP) is 3.81. The van der Waals surface area contributed by atoms with Crippen molar-refractivity contribution >= 4 is 22.4 Å². The first-order valence-electron chi connectivity index (χ1n) is 8.49. The van der Waals surface area contributed by atoms with Gasteiger partial charge in [-0.15, -0.1) is 0 Å². The fraction of sp³-hybridized carbons (Fsp3) is 0.190. The number of hydrogen-bond acceptors (Lipinski definition) is 2. The largest absolute Gasteiger partial charge is 0.376 e. The molecule has 25 heavy (non-hydrogen) atoms. The zero-order valence-electron chi connectivity index (χ0n) is 13.8. The lowest BCUT2D eigenvalue weighted by Crippen LogP contribution is -2.29. The van der Waals surface area contributed by atoms with Crippen molar-refractivity contribution < 1.29 is 9.18 Å². The third-order valence-electron chi connectivity index (χ3n) is 4.72. The zero-order valence-corrected chi connectivity index (χ0v) is 13.8. The minimum atomic E-state index is -0.274. The van der Waals surface area contributed by atoms with Gasteiger partial charge in [-0.05, 0) is 53.1 Å². The highest BCUT2D eigenvalue weighted by atomic mass is 19.1. The average molecular weight is 334 g/mol. The van der Waals surface area contributed by atoms with E-state index < -0.39 is 0 Å². The molecule has 0 aromatic heterocycles. The Labute approximate surface area is 145 Å². The quantitative estimate of drug-likeness (QED) is 0.745. The molecule has 3 aromatic rings. The van der Waals surface area contributed by atoms with Crippen molar-refractivity contribution in [3.63, 3.8) is 0 Å². The van der Waals surface area contributed by atoms with Gasteiger partial charge in [0.05, 0.1) is 6.54 Å². The zero-order chi connectivity index (χ0) is 17.2. The van der Waals surface area contributed by atoms with Crippen molar-refractivity contribution in [3.05, 3.63) is 77.1 Å². The third-order valence-corrected chi connectivity index (χ3v) is 4.72. The van der Waals surface area contributed by atoms with Gasteiger partial charge in [-0.1, -0.05) is 36.4 Å². The van der Waals surface area contributed by atoms with Crippen LogP contribution in [0.15, 0.2) is 54.6 Å². The standard InChI is InChI=1S/C21H19FN2O/c22-17-9-4-14(5-10-17)12-24-20(25)13-23-19-11-8-16-7-6-15-2-1-3-18(19)21(15)16/h1-5,8-11,23H,6-7,12-13H2,(H,24,25). The molecular formula is C21H19FN2O. The highest BCUT2D eigenvalue weighted by Crippen LogP contribution is 2.34. The van der Waals surface area contributed by atoms with E-state index in [1.54, 1.807) is 12.1 Å². The van der Waals surface area contributed by atoms with E-state index in [-0.39, 0.29) is 18.3 Å². The normalized spacial score (nSPS) is 12.4. The maximum atomic E-state index is 12.9. The SMILES string of the molecule is O=C(CNc1ccc2c3c(cccc13)CC2)NCc1ccc(F)cc1. The number of nitrogens with one attached hydrogen (secondary N) is 2. The topological polar surface area (TPSA) is 41.1 Å². The van der Waals surface area contributed by atoms with E-state index in [9.17, 15) is 9.18 Å². The molecule has 2 N–H and O–H groups in total. The maximum Gasteiger partial charge on any atom is 0.239 e. The summed E-state index contributed by atoms with van der Waals surface area (Å²) >= 11 is 0. The van der Waals surface area contributed by atoms with Gasteiger partial charge in [0, 0.05) is 17.6 Å². The lowest BCUT2D eigenvalue weighted by molar-refractivity contribution is -0.119. The van der Waals surface area contributed by atoms with Crippen molar-refractivity contribution in [1.82, 2.24) is 5.32 Å². The van der Waals surface area contributed by atoms with Crippen molar-refractivity contribution in [2.45, 2.75) is 19.4 Å². The Morgan fingerprint density at radius 1 is 0.960 bits per heavy atom. The third kappa shape index (κ3) is 3.20. The van der Waals surface area contributed by atoms with Crippen LogP contribution in [0.3, 0.4) is 0 Å². The summed E-state index contributed by atoms with van der Waals surface area (Å²) < 4.78 is 12.9. The van der Waals surface area contributed by atoms with Crippen LogP contribution in [0.5, 0.6) is 0 Å². The molecule has 0 bridgehead atoms. The lowest BCUT2D eigenvalue weighted by atomic mass is 10.0. The number of carbonyl (C=O) groups excluding carboxylic acids is 1. The summed E-state index contributed by atoms with van der Waals surface area (Å²) in [5.41, 5.74) is 4.63. The van der Waals surface area contributed by atoms with Crippen LogP contribution in [0.2, 0.25) is 0 Å². The van der Waals surface area contributed by atoms with Gasteiger partial charge in [-0.25, -0.2) is 4.39 Å². The molecule has 0 radical (unpaired) electrons. The minimum absolute atomic E-state index is 0.0902. The number of anilines is 1. The molecule has 1 aliphatic rings. The molecular weight excluding hydrogens is 315 g/mol. The molecule has 0 saturated carbocycles. The van der Waals surface area contributed by atoms with Gasteiger partial charge >= 0.3 is 0 Å². The van der Waals surface area contributed by atoms with Crippen LogP contribution in [-0.2, 0) is 24.2 Å². The molecule has 0 saturated heterocycles. The van der Waals surface area contributed by atoms with Crippen LogP contribution >= 0.6 is 0 Å². The van der Waals surface area contributed by atoms with Gasteiger partial charge in [-0.3, -0.25) is 4.79 Å². The number of aryl methyl sites for hydroxylation is 2. The molecule has 4 heteroatoms. The molecule has 3 aromatic carbocycles. The maximum absolute atomic E-state index is 12.9. The van der Waals surface area contributed by atoms with Crippen LogP contribution in [-0.4, -0.2) is 12.5 Å². The number of hydrogen-bond donors (Lipinski definition) is 2. The number of rotatable bonds is 5. The number of halogens is 1. The van der Waals surface area contributed by atoms with Gasteiger partial charge in [0.2, 0.25) is 5.91 Å². The lowest BCUT2D eigenvalue weighted by Gasteiger charge is -2.12. The molecule has 0 unspecified atom stereocenters. The van der Waals surface area contributed by atoms with Gasteiger partial charge in [0.15, 0.2) is 0 Å². The van der Waals surface area contributed by atoms with Crippen LogP contribution in [0.1, 0.15) is 16.7 Å². The molecule has 126 valence electrons. The van der Waals surface area contributed by atoms with Gasteiger partial charge < -0.3 is 10.6 Å². The van der Waals surface area contributed by atoms with Crippen LogP contribution < -0.4 is 10.6 Å². The molecule has 0 spiro atoms. The average Bonchev–Trinajstić information content (AvgIpc) is 3.06. The van der Waals surface area contributed by atoms with E-state index in [4.69, 9.17) is 0 Å². The van der Waals surface area contributed by atoms with E-state index in [1.165, 1.54) is 34.0 Å². The fourth-order valence-electron chi connectivity index (χ4n) is 3.44. The minimum Gasteiger partial charge on any atom is -0.376 e. The molecule has 3 nitrogen and oxygen atoms in total. The Kier molecular flexibility index (Phi) is 4.10. The van der Waals surface area contributed by atoms with Crippen molar-refractivity contribution in [2.75, 3.05) is 11.9 Å². The first-order valence-corrected chi connectivity index (χ1v) is 8.49. The Hall–Kier alpha value is -2.88. The summed E-state index contributed by atoms with van der Waals surface area (Å²) in [5, 5.41) is 8.60. The molecule has 0 aliphatic heterocycles. The second-order valence-corrected chi connectivity index (χ2v) is 6.37. The first kappa shape index (κ1) is 15.6. The summed E-state index contributed by atoms with van der Waals surface area (Å²) in [6.45, 7) is 0.602. The molecule has 0 atom stereocenters. The van der Waals surface area contributed by atoms with Gasteiger partial charge in [-0.2, -0.15) is 0 Å². The highest BCUT2D eigenvalue weighted by molar-refractivity contribution is 6.00. The van der Waals surface area contributed by atoms with E-state index in [1.807, 2.05) is 0 Å². The molecule has 0 fully saturated rings. The van der Waals surface area contributed by atoms with Gasteiger partial charge in [0.25, 0.3) is 0 Å². The summed E-state index contributed by atoms with van der Waals surface area (Å²) in [6.07, 6.45) is 2.18. The van der Waals surface area contributed by atoms with Crippen molar-refractivity contribution in [1.29, 1.82) is 0 Å². The first-order chi connectivity index (χ1) is 12.2. The van der Waals surface area contributed by atoms with Crippen LogP contribution in [0, 0.1) is 5.82 Å². The van der Waals surface area contributed by atoms with Crippen molar-refractivity contribution in [2.24, 2.45) is 0 Å². The van der Waals surface area contributed by atoms with Crippen LogP contribution in [0.25, 0.3) is 10.8 Å².